The molecular formula is C17H20N2O2S. The number of thiocarbonyl (C=S) groups is 1. The summed E-state index contributed by atoms with van der Waals surface area (Å²) in [6, 6.07) is 13.6. The number of rotatable bonds is 6. The van der Waals surface area contributed by atoms with Crippen LogP contribution in [0.5, 0.6) is 11.5 Å². The Labute approximate surface area is 136 Å². The van der Waals surface area contributed by atoms with Crippen molar-refractivity contribution < 1.29 is 9.47 Å². The number of benzene rings is 2. The SMILES string of the molecule is Cc1ccc(C)c(OCCOc2ccc(NC(N)=S)cc2)c1. The predicted molar refractivity (Wildman–Crippen MR) is 93.8 cm³/mol. The standard InChI is InChI=1S/C17H20N2O2S/c1-12-3-4-13(2)16(11-12)21-10-9-20-15-7-5-14(6-8-15)19-17(18)22/h3-8,11H,9-10H2,1-2H3,(H3,18,19,22). The second kappa shape index (κ2) is 7.66. The summed E-state index contributed by atoms with van der Waals surface area (Å²) in [5, 5.41) is 3.11. The van der Waals surface area contributed by atoms with Crippen LogP contribution in [0.15, 0.2) is 42.5 Å². The molecule has 0 spiro atoms. The maximum atomic E-state index is 5.74. The van der Waals surface area contributed by atoms with Gasteiger partial charge in [-0.05, 0) is 67.5 Å². The molecule has 0 atom stereocenters. The van der Waals surface area contributed by atoms with Crippen LogP contribution in [0.4, 0.5) is 5.69 Å². The molecule has 0 aromatic heterocycles. The molecule has 0 aliphatic heterocycles. The molecule has 0 aliphatic rings. The number of anilines is 1. The van der Waals surface area contributed by atoms with E-state index in [-0.39, 0.29) is 5.11 Å². The molecule has 3 N–H and O–H groups in total. The van der Waals surface area contributed by atoms with Crippen molar-refractivity contribution in [2.75, 3.05) is 18.5 Å². The third-order valence-electron chi connectivity index (χ3n) is 3.08. The Hall–Kier alpha value is -2.27. The molecule has 2 aromatic carbocycles. The summed E-state index contributed by atoms with van der Waals surface area (Å²) in [5.74, 6) is 1.68. The summed E-state index contributed by atoms with van der Waals surface area (Å²) in [6.45, 7) is 5.06. The summed E-state index contributed by atoms with van der Waals surface area (Å²) >= 11 is 4.78. The maximum Gasteiger partial charge on any atom is 0.168 e. The molecule has 22 heavy (non-hydrogen) atoms. The second-order valence-electron chi connectivity index (χ2n) is 4.98. The third kappa shape index (κ3) is 4.93. The molecule has 0 amide bonds. The van der Waals surface area contributed by atoms with E-state index in [1.807, 2.05) is 44.2 Å². The average Bonchev–Trinajstić information content (AvgIpc) is 2.48. The highest BCUT2D eigenvalue weighted by atomic mass is 32.1. The Morgan fingerprint density at radius 3 is 2.41 bits per heavy atom. The van der Waals surface area contributed by atoms with Crippen molar-refractivity contribution in [3.8, 4) is 11.5 Å². The number of aryl methyl sites for hydroxylation is 2. The van der Waals surface area contributed by atoms with Gasteiger partial charge >= 0.3 is 0 Å². The van der Waals surface area contributed by atoms with Crippen LogP contribution in [-0.2, 0) is 0 Å². The zero-order chi connectivity index (χ0) is 15.9. The van der Waals surface area contributed by atoms with Crippen LogP contribution in [0.2, 0.25) is 0 Å². The minimum absolute atomic E-state index is 0.246. The van der Waals surface area contributed by atoms with E-state index in [1.165, 1.54) is 5.56 Å². The lowest BCUT2D eigenvalue weighted by Gasteiger charge is -2.11. The van der Waals surface area contributed by atoms with Gasteiger partial charge in [0.15, 0.2) is 5.11 Å². The quantitative estimate of drug-likeness (QED) is 0.632. The van der Waals surface area contributed by atoms with Crippen LogP contribution in [0, 0.1) is 13.8 Å². The highest BCUT2D eigenvalue weighted by Gasteiger charge is 2.00. The van der Waals surface area contributed by atoms with Crippen LogP contribution in [-0.4, -0.2) is 18.3 Å². The van der Waals surface area contributed by atoms with Crippen molar-refractivity contribution in [3.05, 3.63) is 53.6 Å². The molecule has 4 nitrogen and oxygen atoms in total. The van der Waals surface area contributed by atoms with E-state index >= 15 is 0 Å². The molecule has 0 saturated carbocycles. The van der Waals surface area contributed by atoms with E-state index in [2.05, 4.69) is 17.4 Å². The highest BCUT2D eigenvalue weighted by molar-refractivity contribution is 7.80. The number of hydrogen-bond donors (Lipinski definition) is 2. The van der Waals surface area contributed by atoms with E-state index in [1.54, 1.807) is 0 Å². The zero-order valence-corrected chi connectivity index (χ0v) is 13.6. The van der Waals surface area contributed by atoms with Gasteiger partial charge in [0.25, 0.3) is 0 Å². The highest BCUT2D eigenvalue weighted by Crippen LogP contribution is 2.19. The summed E-state index contributed by atoms with van der Waals surface area (Å²) in [5.41, 5.74) is 8.56. The largest absolute Gasteiger partial charge is 0.490 e. The summed E-state index contributed by atoms with van der Waals surface area (Å²) in [6.07, 6.45) is 0. The molecule has 0 radical (unpaired) electrons. The first-order chi connectivity index (χ1) is 10.5. The van der Waals surface area contributed by atoms with Gasteiger partial charge in [-0.25, -0.2) is 0 Å². The number of ether oxygens (including phenoxy) is 2. The monoisotopic (exact) mass is 316 g/mol. The fourth-order valence-electron chi connectivity index (χ4n) is 1.95. The third-order valence-corrected chi connectivity index (χ3v) is 3.18. The lowest BCUT2D eigenvalue weighted by Crippen LogP contribution is -2.18. The molecule has 0 fully saturated rings. The van der Waals surface area contributed by atoms with Crippen LogP contribution in [0.25, 0.3) is 0 Å². The molecule has 2 aromatic rings. The van der Waals surface area contributed by atoms with Gasteiger partial charge in [-0.1, -0.05) is 12.1 Å². The van der Waals surface area contributed by atoms with Gasteiger partial charge in [-0.3, -0.25) is 0 Å². The predicted octanol–water partition coefficient (Wildman–Crippen LogP) is 3.42. The van der Waals surface area contributed by atoms with Crippen molar-refractivity contribution in [1.29, 1.82) is 0 Å². The van der Waals surface area contributed by atoms with E-state index in [0.717, 1.165) is 22.7 Å². The van der Waals surface area contributed by atoms with Crippen molar-refractivity contribution in [3.63, 3.8) is 0 Å². The van der Waals surface area contributed by atoms with Crippen LogP contribution in [0.3, 0.4) is 0 Å². The van der Waals surface area contributed by atoms with Crippen molar-refractivity contribution >= 4 is 23.0 Å². The molecule has 0 aliphatic carbocycles. The van der Waals surface area contributed by atoms with Gasteiger partial charge in [-0.15, -0.1) is 0 Å². The average molecular weight is 316 g/mol. The Kier molecular flexibility index (Phi) is 5.61. The fraction of sp³-hybridized carbons (Fsp3) is 0.235. The fourth-order valence-corrected chi connectivity index (χ4v) is 2.07. The van der Waals surface area contributed by atoms with E-state index in [0.29, 0.717) is 13.2 Å². The van der Waals surface area contributed by atoms with Gasteiger partial charge in [0, 0.05) is 5.69 Å². The van der Waals surface area contributed by atoms with Crippen LogP contribution < -0.4 is 20.5 Å². The molecule has 0 bridgehead atoms. The van der Waals surface area contributed by atoms with Gasteiger partial charge < -0.3 is 20.5 Å². The van der Waals surface area contributed by atoms with Crippen LogP contribution >= 0.6 is 12.2 Å². The van der Waals surface area contributed by atoms with Gasteiger partial charge in [0.05, 0.1) is 0 Å². The summed E-state index contributed by atoms with van der Waals surface area (Å²) in [7, 11) is 0. The molecule has 5 heteroatoms. The van der Waals surface area contributed by atoms with E-state index < -0.39 is 0 Å². The summed E-state index contributed by atoms with van der Waals surface area (Å²) < 4.78 is 11.4. The lowest BCUT2D eigenvalue weighted by atomic mass is 10.1. The molecule has 0 unspecified atom stereocenters. The Morgan fingerprint density at radius 2 is 1.73 bits per heavy atom. The smallest absolute Gasteiger partial charge is 0.168 e. The molecular weight excluding hydrogens is 296 g/mol. The first-order valence-electron chi connectivity index (χ1n) is 7.04. The second-order valence-corrected chi connectivity index (χ2v) is 5.42. The Morgan fingerprint density at radius 1 is 1.05 bits per heavy atom. The van der Waals surface area contributed by atoms with Gasteiger partial charge in [0.2, 0.25) is 0 Å². The first-order valence-corrected chi connectivity index (χ1v) is 7.45. The number of hydrogen-bond acceptors (Lipinski definition) is 3. The molecule has 0 saturated heterocycles. The minimum atomic E-state index is 0.246. The normalized spacial score (nSPS) is 10.1. The van der Waals surface area contributed by atoms with Gasteiger partial charge in [-0.2, -0.15) is 0 Å². The Bertz CT molecular complexity index is 642. The molecule has 0 heterocycles. The van der Waals surface area contributed by atoms with E-state index in [4.69, 9.17) is 27.4 Å². The van der Waals surface area contributed by atoms with Crippen molar-refractivity contribution in [2.45, 2.75) is 13.8 Å². The van der Waals surface area contributed by atoms with Crippen molar-refractivity contribution in [2.24, 2.45) is 5.73 Å². The topological polar surface area (TPSA) is 56.5 Å². The lowest BCUT2D eigenvalue weighted by molar-refractivity contribution is 0.216. The molecule has 116 valence electrons. The number of nitrogens with one attached hydrogen (secondary N) is 1. The number of nitrogens with two attached hydrogens (primary N) is 1. The Balaban J connectivity index is 1.79. The minimum Gasteiger partial charge on any atom is -0.490 e. The molecule has 2 rings (SSSR count). The van der Waals surface area contributed by atoms with Crippen molar-refractivity contribution in [1.82, 2.24) is 0 Å². The maximum absolute atomic E-state index is 5.74. The van der Waals surface area contributed by atoms with Gasteiger partial charge in [0.1, 0.15) is 24.7 Å². The summed E-state index contributed by atoms with van der Waals surface area (Å²) in [4.78, 5) is 0. The zero-order valence-electron chi connectivity index (χ0n) is 12.8. The van der Waals surface area contributed by atoms with Crippen LogP contribution in [0.1, 0.15) is 11.1 Å². The van der Waals surface area contributed by atoms with E-state index in [9.17, 15) is 0 Å². The first kappa shape index (κ1) is 16.1.